The van der Waals surface area contributed by atoms with Crippen LogP contribution in [0, 0.1) is 0 Å². The van der Waals surface area contributed by atoms with Crippen molar-refractivity contribution in [3.8, 4) is 5.69 Å². The molecule has 0 bridgehead atoms. The second-order valence-corrected chi connectivity index (χ2v) is 5.50. The first-order valence-electron chi connectivity index (χ1n) is 7.66. The minimum Gasteiger partial charge on any atom is -0.350 e. The molecular formula is C19H19N3O. The molecule has 1 aromatic carbocycles. The Morgan fingerprint density at radius 3 is 2.70 bits per heavy atom. The van der Waals surface area contributed by atoms with E-state index in [0.29, 0.717) is 12.2 Å². The molecule has 0 aliphatic heterocycles. The average Bonchev–Trinajstić information content (AvgIpc) is 3.11. The molecule has 23 heavy (non-hydrogen) atoms. The number of carbonyl (C=O) groups excluding carboxylic acids is 1. The lowest BCUT2D eigenvalue weighted by atomic mass is 10.0. The summed E-state index contributed by atoms with van der Waals surface area (Å²) < 4.78 is 1.84. The van der Waals surface area contributed by atoms with E-state index in [4.69, 9.17) is 0 Å². The number of nitrogens with zero attached hydrogens (tertiary/aromatic N) is 2. The SMILES string of the molecule is CC(CNC(=O)c1cccn1-c1cccnc1)c1ccccc1. The Labute approximate surface area is 135 Å². The maximum absolute atomic E-state index is 12.5. The molecule has 0 saturated heterocycles. The fourth-order valence-electron chi connectivity index (χ4n) is 2.52. The van der Waals surface area contributed by atoms with Gasteiger partial charge in [0.1, 0.15) is 5.69 Å². The van der Waals surface area contributed by atoms with Crippen molar-refractivity contribution in [2.24, 2.45) is 0 Å². The van der Waals surface area contributed by atoms with Crippen molar-refractivity contribution in [2.75, 3.05) is 6.54 Å². The van der Waals surface area contributed by atoms with Gasteiger partial charge in [-0.25, -0.2) is 0 Å². The van der Waals surface area contributed by atoms with E-state index in [2.05, 4.69) is 29.4 Å². The van der Waals surface area contributed by atoms with Gasteiger partial charge in [-0.3, -0.25) is 9.78 Å². The smallest absolute Gasteiger partial charge is 0.268 e. The zero-order chi connectivity index (χ0) is 16.1. The van der Waals surface area contributed by atoms with Crippen LogP contribution in [0.15, 0.2) is 73.2 Å². The summed E-state index contributed by atoms with van der Waals surface area (Å²) in [6, 6.07) is 17.6. The molecule has 116 valence electrons. The van der Waals surface area contributed by atoms with E-state index < -0.39 is 0 Å². The Bertz CT molecular complexity index is 766. The molecule has 1 amide bonds. The van der Waals surface area contributed by atoms with Crippen LogP contribution in [0.3, 0.4) is 0 Å². The van der Waals surface area contributed by atoms with Crippen LogP contribution in [0.1, 0.15) is 28.9 Å². The lowest BCUT2D eigenvalue weighted by Gasteiger charge is -2.14. The molecule has 2 heterocycles. The van der Waals surface area contributed by atoms with E-state index in [1.54, 1.807) is 12.4 Å². The Morgan fingerprint density at radius 2 is 1.96 bits per heavy atom. The van der Waals surface area contributed by atoms with Crippen LogP contribution in [0.4, 0.5) is 0 Å². The Hall–Kier alpha value is -2.88. The van der Waals surface area contributed by atoms with E-state index >= 15 is 0 Å². The van der Waals surface area contributed by atoms with E-state index in [1.165, 1.54) is 5.56 Å². The summed E-state index contributed by atoms with van der Waals surface area (Å²) in [6.45, 7) is 2.71. The second-order valence-electron chi connectivity index (χ2n) is 5.50. The molecule has 1 N–H and O–H groups in total. The van der Waals surface area contributed by atoms with E-state index in [-0.39, 0.29) is 11.8 Å². The third-order valence-electron chi connectivity index (χ3n) is 3.84. The molecule has 0 fully saturated rings. The van der Waals surface area contributed by atoms with Crippen LogP contribution < -0.4 is 5.32 Å². The highest BCUT2D eigenvalue weighted by atomic mass is 16.1. The number of rotatable bonds is 5. The van der Waals surface area contributed by atoms with Gasteiger partial charge in [-0.05, 0) is 35.7 Å². The molecule has 4 nitrogen and oxygen atoms in total. The summed E-state index contributed by atoms with van der Waals surface area (Å²) >= 11 is 0. The van der Waals surface area contributed by atoms with Crippen LogP contribution in [0.2, 0.25) is 0 Å². The van der Waals surface area contributed by atoms with E-state index in [0.717, 1.165) is 5.69 Å². The standard InChI is InChI=1S/C19H19N3O/c1-15(16-7-3-2-4-8-16)13-21-19(23)18-10-6-12-22(18)17-9-5-11-20-14-17/h2-12,14-15H,13H2,1H3,(H,21,23). The fraction of sp³-hybridized carbons (Fsp3) is 0.158. The van der Waals surface area contributed by atoms with Crippen LogP contribution in [0.5, 0.6) is 0 Å². The van der Waals surface area contributed by atoms with Crippen LogP contribution >= 0.6 is 0 Å². The molecule has 0 aliphatic rings. The quantitative estimate of drug-likeness (QED) is 0.785. The van der Waals surface area contributed by atoms with Crippen molar-refractivity contribution >= 4 is 5.91 Å². The van der Waals surface area contributed by atoms with E-state index in [1.807, 2.05) is 53.2 Å². The molecule has 0 aliphatic carbocycles. The first-order valence-corrected chi connectivity index (χ1v) is 7.66. The highest BCUT2D eigenvalue weighted by Gasteiger charge is 2.13. The zero-order valence-electron chi connectivity index (χ0n) is 13.0. The largest absolute Gasteiger partial charge is 0.350 e. The first-order chi connectivity index (χ1) is 11.3. The van der Waals surface area contributed by atoms with Crippen molar-refractivity contribution in [1.82, 2.24) is 14.9 Å². The third kappa shape index (κ3) is 3.48. The molecule has 0 saturated carbocycles. The monoisotopic (exact) mass is 305 g/mol. The number of benzene rings is 1. The lowest BCUT2D eigenvalue weighted by Crippen LogP contribution is -2.29. The molecule has 3 aromatic rings. The topological polar surface area (TPSA) is 46.9 Å². The molecule has 2 aromatic heterocycles. The normalized spacial score (nSPS) is 11.9. The van der Waals surface area contributed by atoms with Crippen molar-refractivity contribution in [2.45, 2.75) is 12.8 Å². The van der Waals surface area contributed by atoms with Gasteiger partial charge < -0.3 is 9.88 Å². The Kier molecular flexibility index (Phi) is 4.52. The van der Waals surface area contributed by atoms with Crippen molar-refractivity contribution in [1.29, 1.82) is 0 Å². The van der Waals surface area contributed by atoms with Gasteiger partial charge in [0.2, 0.25) is 0 Å². The minimum absolute atomic E-state index is 0.0818. The summed E-state index contributed by atoms with van der Waals surface area (Å²) in [5, 5.41) is 3.01. The van der Waals surface area contributed by atoms with Gasteiger partial charge in [-0.2, -0.15) is 0 Å². The van der Waals surface area contributed by atoms with Gasteiger partial charge in [0.05, 0.1) is 11.9 Å². The Morgan fingerprint density at radius 1 is 1.13 bits per heavy atom. The van der Waals surface area contributed by atoms with Crippen LogP contribution in [-0.4, -0.2) is 22.0 Å². The molecular weight excluding hydrogens is 286 g/mol. The summed E-state index contributed by atoms with van der Waals surface area (Å²) in [4.78, 5) is 16.6. The highest BCUT2D eigenvalue weighted by Crippen LogP contribution is 2.14. The zero-order valence-corrected chi connectivity index (χ0v) is 13.0. The maximum Gasteiger partial charge on any atom is 0.268 e. The maximum atomic E-state index is 12.5. The third-order valence-corrected chi connectivity index (χ3v) is 3.84. The van der Waals surface area contributed by atoms with Crippen LogP contribution in [-0.2, 0) is 0 Å². The summed E-state index contributed by atoms with van der Waals surface area (Å²) in [5.74, 6) is 0.184. The van der Waals surface area contributed by atoms with Gasteiger partial charge in [-0.15, -0.1) is 0 Å². The molecule has 4 heteroatoms. The van der Waals surface area contributed by atoms with Gasteiger partial charge in [0.25, 0.3) is 5.91 Å². The van der Waals surface area contributed by atoms with Gasteiger partial charge >= 0.3 is 0 Å². The lowest BCUT2D eigenvalue weighted by molar-refractivity contribution is 0.0945. The number of nitrogens with one attached hydrogen (secondary N) is 1. The van der Waals surface area contributed by atoms with E-state index in [9.17, 15) is 4.79 Å². The Balaban J connectivity index is 1.69. The first kappa shape index (κ1) is 15.0. The molecule has 1 atom stereocenters. The minimum atomic E-state index is -0.0818. The predicted molar refractivity (Wildman–Crippen MR) is 90.8 cm³/mol. The highest BCUT2D eigenvalue weighted by molar-refractivity contribution is 5.93. The number of hydrogen-bond donors (Lipinski definition) is 1. The average molecular weight is 305 g/mol. The number of carbonyl (C=O) groups is 1. The van der Waals surface area contributed by atoms with Crippen molar-refractivity contribution in [3.05, 3.63) is 84.4 Å². The summed E-state index contributed by atoms with van der Waals surface area (Å²) in [5.41, 5.74) is 2.70. The van der Waals surface area contributed by atoms with Crippen molar-refractivity contribution in [3.63, 3.8) is 0 Å². The van der Waals surface area contributed by atoms with Gasteiger partial charge in [0.15, 0.2) is 0 Å². The number of pyridine rings is 1. The molecule has 3 rings (SSSR count). The predicted octanol–water partition coefficient (Wildman–Crippen LogP) is 3.41. The number of hydrogen-bond acceptors (Lipinski definition) is 2. The molecule has 0 radical (unpaired) electrons. The van der Waals surface area contributed by atoms with Gasteiger partial charge in [0, 0.05) is 18.9 Å². The molecule has 1 unspecified atom stereocenters. The van der Waals surface area contributed by atoms with Crippen LogP contribution in [0.25, 0.3) is 5.69 Å². The number of amides is 1. The number of aromatic nitrogens is 2. The van der Waals surface area contributed by atoms with Crippen molar-refractivity contribution < 1.29 is 4.79 Å². The second kappa shape index (κ2) is 6.92. The summed E-state index contributed by atoms with van der Waals surface area (Å²) in [7, 11) is 0. The van der Waals surface area contributed by atoms with Gasteiger partial charge in [-0.1, -0.05) is 37.3 Å². The summed E-state index contributed by atoms with van der Waals surface area (Å²) in [6.07, 6.45) is 5.32. The molecule has 0 spiro atoms. The fourth-order valence-corrected chi connectivity index (χ4v) is 2.52.